The SMILES string of the molecule is COc1ccc(Br)cc1C(=O)NC(=S)NNC(=O)COc1ccc(C)cc1. The van der Waals surface area contributed by atoms with Crippen LogP contribution in [0, 0.1) is 6.92 Å². The first-order valence-electron chi connectivity index (χ1n) is 7.82. The smallest absolute Gasteiger partial charge is 0.276 e. The number of hydrogen-bond donors (Lipinski definition) is 3. The van der Waals surface area contributed by atoms with E-state index < -0.39 is 11.8 Å². The molecule has 0 radical (unpaired) electrons. The summed E-state index contributed by atoms with van der Waals surface area (Å²) in [7, 11) is 1.46. The summed E-state index contributed by atoms with van der Waals surface area (Å²) in [5, 5.41) is 2.39. The molecule has 0 fully saturated rings. The lowest BCUT2D eigenvalue weighted by molar-refractivity contribution is -0.123. The van der Waals surface area contributed by atoms with Gasteiger partial charge in [-0.25, -0.2) is 0 Å². The Morgan fingerprint density at radius 1 is 1.11 bits per heavy atom. The average Bonchev–Trinajstić information content (AvgIpc) is 2.65. The zero-order valence-corrected chi connectivity index (χ0v) is 17.1. The third kappa shape index (κ3) is 6.54. The van der Waals surface area contributed by atoms with Gasteiger partial charge in [-0.05, 0) is 49.5 Å². The molecule has 9 heteroatoms. The molecule has 27 heavy (non-hydrogen) atoms. The van der Waals surface area contributed by atoms with Crippen molar-refractivity contribution in [3.63, 3.8) is 0 Å². The van der Waals surface area contributed by atoms with Gasteiger partial charge in [0.05, 0.1) is 12.7 Å². The lowest BCUT2D eigenvalue weighted by Crippen LogP contribution is -2.49. The van der Waals surface area contributed by atoms with Gasteiger partial charge >= 0.3 is 0 Å². The summed E-state index contributed by atoms with van der Waals surface area (Å²) in [6.07, 6.45) is 0. The molecule has 0 aliphatic carbocycles. The molecule has 0 saturated carbocycles. The van der Waals surface area contributed by atoms with Gasteiger partial charge < -0.3 is 9.47 Å². The minimum Gasteiger partial charge on any atom is -0.496 e. The predicted octanol–water partition coefficient (Wildman–Crippen LogP) is 2.48. The van der Waals surface area contributed by atoms with Gasteiger partial charge in [0.1, 0.15) is 11.5 Å². The van der Waals surface area contributed by atoms with E-state index in [1.165, 1.54) is 7.11 Å². The summed E-state index contributed by atoms with van der Waals surface area (Å²) < 4.78 is 11.2. The lowest BCUT2D eigenvalue weighted by atomic mass is 10.2. The molecule has 2 aromatic rings. The molecule has 2 rings (SSSR count). The van der Waals surface area contributed by atoms with Crippen molar-refractivity contribution in [3.05, 3.63) is 58.1 Å². The van der Waals surface area contributed by atoms with Gasteiger partial charge in [0, 0.05) is 4.47 Å². The molecular formula is C18H18BrN3O4S. The fraction of sp³-hybridized carbons (Fsp3) is 0.167. The number of carbonyl (C=O) groups excluding carboxylic acids is 2. The third-order valence-electron chi connectivity index (χ3n) is 3.34. The van der Waals surface area contributed by atoms with Crippen LogP contribution in [0.4, 0.5) is 0 Å². The van der Waals surface area contributed by atoms with E-state index in [1.807, 2.05) is 19.1 Å². The van der Waals surface area contributed by atoms with Gasteiger partial charge in [-0.3, -0.25) is 25.8 Å². The van der Waals surface area contributed by atoms with Crippen LogP contribution < -0.4 is 25.6 Å². The van der Waals surface area contributed by atoms with Gasteiger partial charge in [-0.2, -0.15) is 0 Å². The Morgan fingerprint density at radius 2 is 1.81 bits per heavy atom. The van der Waals surface area contributed by atoms with Gasteiger partial charge in [0.25, 0.3) is 11.8 Å². The predicted molar refractivity (Wildman–Crippen MR) is 109 cm³/mol. The molecule has 0 heterocycles. The zero-order valence-electron chi connectivity index (χ0n) is 14.7. The number of rotatable bonds is 5. The second-order valence-corrected chi connectivity index (χ2v) is 6.73. The van der Waals surface area contributed by atoms with Crippen LogP contribution in [-0.4, -0.2) is 30.6 Å². The highest BCUT2D eigenvalue weighted by Crippen LogP contribution is 2.22. The minimum atomic E-state index is -0.476. The summed E-state index contributed by atoms with van der Waals surface area (Å²) in [5.74, 6) is 0.0467. The summed E-state index contributed by atoms with van der Waals surface area (Å²) in [6.45, 7) is 1.76. The number of amides is 2. The van der Waals surface area contributed by atoms with Crippen LogP contribution in [0.15, 0.2) is 46.9 Å². The van der Waals surface area contributed by atoms with E-state index in [2.05, 4.69) is 32.1 Å². The summed E-state index contributed by atoms with van der Waals surface area (Å²) in [6, 6.07) is 12.3. The van der Waals surface area contributed by atoms with Gasteiger partial charge in [-0.1, -0.05) is 33.6 Å². The van der Waals surface area contributed by atoms with Gasteiger partial charge in [0.15, 0.2) is 11.7 Å². The number of carbonyl (C=O) groups is 2. The van der Waals surface area contributed by atoms with Crippen LogP contribution in [0.5, 0.6) is 11.5 Å². The van der Waals surface area contributed by atoms with Crippen LogP contribution in [0.3, 0.4) is 0 Å². The second kappa shape index (κ2) is 9.89. The maximum absolute atomic E-state index is 12.3. The van der Waals surface area contributed by atoms with Gasteiger partial charge in [0.2, 0.25) is 0 Å². The maximum Gasteiger partial charge on any atom is 0.276 e. The zero-order chi connectivity index (χ0) is 19.8. The highest BCUT2D eigenvalue weighted by Gasteiger charge is 2.14. The number of halogens is 1. The van der Waals surface area contributed by atoms with Crippen molar-refractivity contribution in [3.8, 4) is 11.5 Å². The third-order valence-corrected chi connectivity index (χ3v) is 4.04. The first-order chi connectivity index (χ1) is 12.9. The van der Waals surface area contributed by atoms with E-state index >= 15 is 0 Å². The molecule has 2 aromatic carbocycles. The number of ether oxygens (including phenoxy) is 2. The second-order valence-electron chi connectivity index (χ2n) is 5.40. The van der Waals surface area contributed by atoms with Crippen molar-refractivity contribution in [2.24, 2.45) is 0 Å². The molecule has 3 N–H and O–H groups in total. The Morgan fingerprint density at radius 3 is 2.48 bits per heavy atom. The molecule has 0 unspecified atom stereocenters. The number of hydrogen-bond acceptors (Lipinski definition) is 5. The molecule has 0 aliphatic heterocycles. The number of benzene rings is 2. The Bertz CT molecular complexity index is 843. The molecule has 0 spiro atoms. The fourth-order valence-electron chi connectivity index (χ4n) is 2.01. The monoisotopic (exact) mass is 451 g/mol. The van der Waals surface area contributed by atoms with Crippen LogP contribution in [-0.2, 0) is 4.79 Å². The molecular weight excluding hydrogens is 434 g/mol. The lowest BCUT2D eigenvalue weighted by Gasteiger charge is -2.13. The topological polar surface area (TPSA) is 88.7 Å². The molecule has 0 bridgehead atoms. The standard InChI is InChI=1S/C18H18BrN3O4S/c1-11-3-6-13(7-4-11)26-10-16(23)21-22-18(27)20-17(24)14-9-12(19)5-8-15(14)25-2/h3-9H,10H2,1-2H3,(H,21,23)(H2,20,22,24,27). The largest absolute Gasteiger partial charge is 0.496 e. The van der Waals surface area contributed by atoms with E-state index in [0.717, 1.165) is 5.56 Å². The Balaban J connectivity index is 1.80. The molecule has 0 atom stereocenters. The van der Waals surface area contributed by atoms with E-state index in [1.54, 1.807) is 30.3 Å². The molecule has 7 nitrogen and oxygen atoms in total. The van der Waals surface area contributed by atoms with Crippen molar-refractivity contribution in [2.75, 3.05) is 13.7 Å². The number of methoxy groups -OCH3 is 1. The number of thiocarbonyl (C=S) groups is 1. The summed E-state index contributed by atoms with van der Waals surface area (Å²) in [4.78, 5) is 24.1. The molecule has 0 aromatic heterocycles. The normalized spacial score (nSPS) is 9.89. The summed E-state index contributed by atoms with van der Waals surface area (Å²) in [5.41, 5.74) is 6.19. The van der Waals surface area contributed by atoms with Crippen LogP contribution in [0.2, 0.25) is 0 Å². The number of hydrazine groups is 1. The van der Waals surface area contributed by atoms with Crippen molar-refractivity contribution < 1.29 is 19.1 Å². The Kier molecular flexibility index (Phi) is 7.56. The van der Waals surface area contributed by atoms with Crippen molar-refractivity contribution >= 4 is 45.1 Å². The van der Waals surface area contributed by atoms with E-state index in [9.17, 15) is 9.59 Å². The van der Waals surface area contributed by atoms with E-state index in [-0.39, 0.29) is 11.7 Å². The van der Waals surface area contributed by atoms with E-state index in [0.29, 0.717) is 21.5 Å². The highest BCUT2D eigenvalue weighted by molar-refractivity contribution is 9.10. The van der Waals surface area contributed by atoms with Crippen LogP contribution in [0.1, 0.15) is 15.9 Å². The fourth-order valence-corrected chi connectivity index (χ4v) is 2.51. The molecule has 0 saturated heterocycles. The molecule has 0 aliphatic rings. The summed E-state index contributed by atoms with van der Waals surface area (Å²) >= 11 is 8.30. The van der Waals surface area contributed by atoms with E-state index in [4.69, 9.17) is 21.7 Å². The van der Waals surface area contributed by atoms with Crippen molar-refractivity contribution in [2.45, 2.75) is 6.92 Å². The van der Waals surface area contributed by atoms with Gasteiger partial charge in [-0.15, -0.1) is 0 Å². The maximum atomic E-state index is 12.3. The number of nitrogens with one attached hydrogen (secondary N) is 3. The van der Waals surface area contributed by atoms with Crippen molar-refractivity contribution in [1.29, 1.82) is 0 Å². The first-order valence-corrected chi connectivity index (χ1v) is 9.02. The quantitative estimate of drug-likeness (QED) is 0.477. The van der Waals surface area contributed by atoms with Crippen molar-refractivity contribution in [1.82, 2.24) is 16.2 Å². The number of aryl methyl sites for hydroxylation is 1. The van der Waals surface area contributed by atoms with Crippen LogP contribution in [0.25, 0.3) is 0 Å². The molecule has 2 amide bonds. The molecule has 142 valence electrons. The Hall–Kier alpha value is -2.65. The minimum absolute atomic E-state index is 0.0642. The highest BCUT2D eigenvalue weighted by atomic mass is 79.9. The average molecular weight is 452 g/mol. The Labute approximate surface area is 170 Å². The van der Waals surface area contributed by atoms with Crippen LogP contribution >= 0.6 is 28.1 Å². The first kappa shape index (κ1) is 20.7.